The number of anilines is 1. The molecular formula is C15H19F3N2O. The number of nitrogens with one attached hydrogen (secondary N) is 2. The second-order valence-electron chi connectivity index (χ2n) is 5.47. The van der Waals surface area contributed by atoms with Crippen molar-refractivity contribution in [3.8, 4) is 0 Å². The van der Waals surface area contributed by atoms with Crippen LogP contribution in [-0.2, 0) is 11.0 Å². The molecule has 1 saturated heterocycles. The van der Waals surface area contributed by atoms with Crippen LogP contribution in [0.3, 0.4) is 0 Å². The Balaban J connectivity index is 1.94. The van der Waals surface area contributed by atoms with Gasteiger partial charge >= 0.3 is 6.18 Å². The molecule has 1 fully saturated rings. The summed E-state index contributed by atoms with van der Waals surface area (Å²) in [5.41, 5.74) is -0.361. The molecule has 0 spiro atoms. The third kappa shape index (κ3) is 4.46. The number of amides is 1. The number of benzene rings is 1. The van der Waals surface area contributed by atoms with E-state index in [-0.39, 0.29) is 17.2 Å². The van der Waals surface area contributed by atoms with Crippen LogP contribution in [0.2, 0.25) is 0 Å². The van der Waals surface area contributed by atoms with Gasteiger partial charge in [-0.1, -0.05) is 6.07 Å². The van der Waals surface area contributed by atoms with Crippen molar-refractivity contribution in [1.29, 1.82) is 0 Å². The number of halogens is 3. The third-order valence-electron chi connectivity index (χ3n) is 3.77. The molecule has 0 aliphatic carbocycles. The summed E-state index contributed by atoms with van der Waals surface area (Å²) in [7, 11) is 0. The molecule has 0 radical (unpaired) electrons. The van der Waals surface area contributed by atoms with E-state index in [4.69, 9.17) is 0 Å². The molecule has 1 aliphatic rings. The molecule has 1 aromatic carbocycles. The zero-order chi connectivity index (χ0) is 15.5. The first-order valence-electron chi connectivity index (χ1n) is 7.04. The predicted molar refractivity (Wildman–Crippen MR) is 75.0 cm³/mol. The number of alkyl halides is 3. The summed E-state index contributed by atoms with van der Waals surface area (Å²) in [6, 6.07) is 3.86. The minimum Gasteiger partial charge on any atom is -0.326 e. The monoisotopic (exact) mass is 300 g/mol. The van der Waals surface area contributed by atoms with Gasteiger partial charge in [-0.2, -0.15) is 13.2 Å². The Labute approximate surface area is 121 Å². The average molecular weight is 300 g/mol. The number of hydrogen-bond donors (Lipinski definition) is 2. The van der Waals surface area contributed by atoms with Crippen LogP contribution in [0.15, 0.2) is 18.2 Å². The second kappa shape index (κ2) is 6.47. The lowest BCUT2D eigenvalue weighted by molar-refractivity contribution is -0.138. The quantitative estimate of drug-likeness (QED) is 0.895. The Morgan fingerprint density at radius 3 is 2.81 bits per heavy atom. The van der Waals surface area contributed by atoms with Crippen molar-refractivity contribution in [3.05, 3.63) is 29.3 Å². The first kappa shape index (κ1) is 15.8. The minimum atomic E-state index is -4.40. The van der Waals surface area contributed by atoms with Crippen LogP contribution in [0.5, 0.6) is 0 Å². The van der Waals surface area contributed by atoms with Gasteiger partial charge in [-0.25, -0.2) is 0 Å². The van der Waals surface area contributed by atoms with Crippen LogP contribution in [-0.4, -0.2) is 19.0 Å². The summed E-state index contributed by atoms with van der Waals surface area (Å²) in [5, 5.41) is 5.77. The lowest BCUT2D eigenvalue weighted by atomic mass is 10.0. The molecular weight excluding hydrogens is 281 g/mol. The minimum absolute atomic E-state index is 0.150. The van der Waals surface area contributed by atoms with Crippen LogP contribution >= 0.6 is 0 Å². The highest BCUT2D eigenvalue weighted by Crippen LogP contribution is 2.33. The van der Waals surface area contributed by atoms with Gasteiger partial charge in [0.05, 0.1) is 5.56 Å². The molecule has 1 amide bonds. The van der Waals surface area contributed by atoms with E-state index < -0.39 is 11.7 Å². The Hall–Kier alpha value is -1.56. The second-order valence-corrected chi connectivity index (χ2v) is 5.47. The van der Waals surface area contributed by atoms with Gasteiger partial charge in [-0.05, 0) is 56.5 Å². The number of carbonyl (C=O) groups is 1. The van der Waals surface area contributed by atoms with Crippen molar-refractivity contribution in [2.75, 3.05) is 18.4 Å². The zero-order valence-electron chi connectivity index (χ0n) is 11.9. The molecule has 21 heavy (non-hydrogen) atoms. The van der Waals surface area contributed by atoms with Gasteiger partial charge in [0, 0.05) is 12.1 Å². The standard InChI is InChI=1S/C15H19F3N2O/c1-10-2-4-12(8-13(10)15(16,17)18)20-14(21)5-3-11-6-7-19-9-11/h2,4,8,11,19H,3,5-7,9H2,1H3,(H,20,21). The summed E-state index contributed by atoms with van der Waals surface area (Å²) in [5.74, 6) is 0.249. The van der Waals surface area contributed by atoms with Crippen LogP contribution in [0.1, 0.15) is 30.4 Å². The van der Waals surface area contributed by atoms with E-state index in [1.807, 2.05) is 0 Å². The van der Waals surface area contributed by atoms with E-state index in [9.17, 15) is 18.0 Å². The SMILES string of the molecule is Cc1ccc(NC(=O)CCC2CCNC2)cc1C(F)(F)F. The summed E-state index contributed by atoms with van der Waals surface area (Å²) in [6.45, 7) is 3.29. The molecule has 1 atom stereocenters. The van der Waals surface area contributed by atoms with Crippen LogP contribution < -0.4 is 10.6 Å². The van der Waals surface area contributed by atoms with Crippen LogP contribution in [0.4, 0.5) is 18.9 Å². The maximum atomic E-state index is 12.8. The number of rotatable bonds is 4. The van der Waals surface area contributed by atoms with E-state index in [0.29, 0.717) is 12.3 Å². The molecule has 3 nitrogen and oxygen atoms in total. The van der Waals surface area contributed by atoms with Crippen molar-refractivity contribution in [2.24, 2.45) is 5.92 Å². The maximum Gasteiger partial charge on any atom is 0.416 e. The molecule has 116 valence electrons. The van der Waals surface area contributed by atoms with Crippen molar-refractivity contribution < 1.29 is 18.0 Å². The topological polar surface area (TPSA) is 41.1 Å². The van der Waals surface area contributed by atoms with Gasteiger partial charge in [0.25, 0.3) is 0 Å². The fraction of sp³-hybridized carbons (Fsp3) is 0.533. The first-order chi connectivity index (χ1) is 9.86. The van der Waals surface area contributed by atoms with E-state index in [2.05, 4.69) is 10.6 Å². The van der Waals surface area contributed by atoms with Crippen molar-refractivity contribution >= 4 is 11.6 Å². The van der Waals surface area contributed by atoms with Crippen LogP contribution in [0.25, 0.3) is 0 Å². The van der Waals surface area contributed by atoms with Gasteiger partial charge in [0.2, 0.25) is 5.91 Å². The first-order valence-corrected chi connectivity index (χ1v) is 7.04. The Morgan fingerprint density at radius 2 is 2.19 bits per heavy atom. The number of aryl methyl sites for hydroxylation is 1. The lowest BCUT2D eigenvalue weighted by Crippen LogP contribution is -2.16. The molecule has 2 rings (SSSR count). The molecule has 1 aliphatic heterocycles. The molecule has 0 aromatic heterocycles. The highest BCUT2D eigenvalue weighted by molar-refractivity contribution is 5.90. The van der Waals surface area contributed by atoms with Gasteiger partial charge < -0.3 is 10.6 Å². The highest BCUT2D eigenvalue weighted by atomic mass is 19.4. The van der Waals surface area contributed by atoms with Crippen molar-refractivity contribution in [2.45, 2.75) is 32.4 Å². The van der Waals surface area contributed by atoms with E-state index in [0.717, 1.165) is 32.0 Å². The Morgan fingerprint density at radius 1 is 1.43 bits per heavy atom. The van der Waals surface area contributed by atoms with E-state index >= 15 is 0 Å². The van der Waals surface area contributed by atoms with Crippen molar-refractivity contribution in [3.63, 3.8) is 0 Å². The molecule has 1 aromatic rings. The largest absolute Gasteiger partial charge is 0.416 e. The number of carbonyl (C=O) groups excluding carboxylic acids is 1. The fourth-order valence-corrected chi connectivity index (χ4v) is 2.52. The van der Waals surface area contributed by atoms with Gasteiger partial charge in [-0.3, -0.25) is 4.79 Å². The molecule has 0 saturated carbocycles. The van der Waals surface area contributed by atoms with Crippen LogP contribution in [0, 0.1) is 12.8 Å². The summed E-state index contributed by atoms with van der Waals surface area (Å²) < 4.78 is 38.4. The molecule has 0 bridgehead atoms. The average Bonchev–Trinajstić information content (AvgIpc) is 2.90. The zero-order valence-corrected chi connectivity index (χ0v) is 11.9. The predicted octanol–water partition coefficient (Wildman–Crippen LogP) is 3.34. The smallest absolute Gasteiger partial charge is 0.326 e. The van der Waals surface area contributed by atoms with Gasteiger partial charge in [0.15, 0.2) is 0 Å². The summed E-state index contributed by atoms with van der Waals surface area (Å²) in [4.78, 5) is 11.8. The van der Waals surface area contributed by atoms with Gasteiger partial charge in [0.1, 0.15) is 0 Å². The fourth-order valence-electron chi connectivity index (χ4n) is 2.52. The Kier molecular flexibility index (Phi) is 4.88. The number of hydrogen-bond acceptors (Lipinski definition) is 2. The van der Waals surface area contributed by atoms with Gasteiger partial charge in [-0.15, -0.1) is 0 Å². The molecule has 1 heterocycles. The highest BCUT2D eigenvalue weighted by Gasteiger charge is 2.32. The summed E-state index contributed by atoms with van der Waals surface area (Å²) >= 11 is 0. The molecule has 6 heteroatoms. The molecule has 2 N–H and O–H groups in total. The summed E-state index contributed by atoms with van der Waals surface area (Å²) in [6.07, 6.45) is -2.26. The lowest BCUT2D eigenvalue weighted by Gasteiger charge is -2.13. The van der Waals surface area contributed by atoms with Crippen molar-refractivity contribution in [1.82, 2.24) is 5.32 Å². The molecule has 1 unspecified atom stereocenters. The van der Waals surface area contributed by atoms with E-state index in [1.165, 1.54) is 19.1 Å². The van der Waals surface area contributed by atoms with E-state index in [1.54, 1.807) is 0 Å². The third-order valence-corrected chi connectivity index (χ3v) is 3.77. The normalized spacial score (nSPS) is 18.8. The maximum absolute atomic E-state index is 12.8. The Bertz CT molecular complexity index is 508.